The molecule has 0 unspecified atom stereocenters. The molecule has 0 saturated carbocycles. The van der Waals surface area contributed by atoms with Crippen LogP contribution >= 0.6 is 11.8 Å². The van der Waals surface area contributed by atoms with Gasteiger partial charge in [-0.15, -0.1) is 0 Å². The van der Waals surface area contributed by atoms with Gasteiger partial charge < -0.3 is 10.2 Å². The van der Waals surface area contributed by atoms with E-state index in [0.717, 1.165) is 37.9 Å². The molecule has 1 aliphatic rings. The van der Waals surface area contributed by atoms with E-state index in [-0.39, 0.29) is 22.7 Å². The van der Waals surface area contributed by atoms with Crippen molar-refractivity contribution in [2.75, 3.05) is 49.3 Å². The average molecular weight is 434 g/mol. The number of aromatic nitrogens is 2. The van der Waals surface area contributed by atoms with Crippen molar-refractivity contribution >= 4 is 34.6 Å². The number of nitrogens with one attached hydrogen (secondary N) is 2. The van der Waals surface area contributed by atoms with E-state index in [1.807, 2.05) is 11.1 Å². The van der Waals surface area contributed by atoms with E-state index >= 15 is 0 Å². The molecular weight excluding hydrogens is 408 g/mol. The van der Waals surface area contributed by atoms with Crippen LogP contribution in [-0.2, 0) is 9.59 Å². The Morgan fingerprint density at radius 3 is 2.57 bits per heavy atom. The molecule has 0 spiro atoms. The molecule has 11 heteroatoms. The Morgan fingerprint density at radius 2 is 1.90 bits per heavy atom. The minimum Gasteiger partial charge on any atom is -0.344 e. The molecule has 2 aromatic rings. The SMILES string of the molecule is CC(=O)N[C@@H](CSC(=O)c1ccccc1)C(=O)Nc1c[n+](N2CCN(C)CC2)no1. The number of likely N-dealkylation sites (N-methyl/N-ethyl adjacent to an activating group) is 1. The van der Waals surface area contributed by atoms with Crippen LogP contribution < -0.4 is 20.4 Å². The van der Waals surface area contributed by atoms with Gasteiger partial charge in [0.15, 0.2) is 0 Å². The van der Waals surface area contributed by atoms with Crippen LogP contribution in [0.1, 0.15) is 17.3 Å². The summed E-state index contributed by atoms with van der Waals surface area (Å²) in [6.45, 7) is 4.69. The number of nitrogens with zero attached hydrogens (tertiary/aromatic N) is 4. The first-order chi connectivity index (χ1) is 14.4. The lowest BCUT2D eigenvalue weighted by Crippen LogP contribution is -2.65. The Balaban J connectivity index is 1.58. The molecule has 1 atom stereocenters. The van der Waals surface area contributed by atoms with Crippen molar-refractivity contribution in [1.29, 1.82) is 0 Å². The summed E-state index contributed by atoms with van der Waals surface area (Å²) in [7, 11) is 2.05. The van der Waals surface area contributed by atoms with Crippen molar-refractivity contribution in [2.24, 2.45) is 0 Å². The summed E-state index contributed by atoms with van der Waals surface area (Å²) >= 11 is 0.968. The van der Waals surface area contributed by atoms with Gasteiger partial charge in [0.05, 0.1) is 17.9 Å². The maximum absolute atomic E-state index is 12.7. The highest BCUT2D eigenvalue weighted by Crippen LogP contribution is 2.14. The third-order valence-corrected chi connectivity index (χ3v) is 5.55. The number of amides is 2. The number of rotatable bonds is 7. The normalized spacial score (nSPS) is 15.5. The zero-order chi connectivity index (χ0) is 21.5. The lowest BCUT2D eigenvalue weighted by atomic mass is 10.2. The smallest absolute Gasteiger partial charge is 0.305 e. The van der Waals surface area contributed by atoms with Gasteiger partial charge in [-0.3, -0.25) is 24.2 Å². The number of carbonyl (C=O) groups is 3. The number of benzene rings is 1. The topological polar surface area (TPSA) is 112 Å². The lowest BCUT2D eigenvalue weighted by molar-refractivity contribution is -0.759. The number of piperazine rings is 1. The largest absolute Gasteiger partial charge is 0.344 e. The highest BCUT2D eigenvalue weighted by atomic mass is 32.2. The Bertz CT molecular complexity index is 882. The zero-order valence-corrected chi connectivity index (χ0v) is 17.7. The maximum atomic E-state index is 12.7. The van der Waals surface area contributed by atoms with E-state index < -0.39 is 11.9 Å². The first-order valence-corrected chi connectivity index (χ1v) is 10.5. The number of thioether (sulfide) groups is 1. The van der Waals surface area contributed by atoms with Crippen LogP contribution in [0.2, 0.25) is 0 Å². The molecule has 2 heterocycles. The molecule has 1 aromatic carbocycles. The Kier molecular flexibility index (Phi) is 7.41. The van der Waals surface area contributed by atoms with Gasteiger partial charge in [0, 0.05) is 31.3 Å². The van der Waals surface area contributed by atoms with E-state index in [4.69, 9.17) is 4.52 Å². The van der Waals surface area contributed by atoms with Gasteiger partial charge in [-0.05, 0) is 7.05 Å². The first-order valence-electron chi connectivity index (χ1n) is 9.55. The van der Waals surface area contributed by atoms with Crippen LogP contribution in [0.3, 0.4) is 0 Å². The third-order valence-electron chi connectivity index (χ3n) is 4.56. The fourth-order valence-electron chi connectivity index (χ4n) is 2.88. The summed E-state index contributed by atoms with van der Waals surface area (Å²) in [4.78, 5) is 40.3. The summed E-state index contributed by atoms with van der Waals surface area (Å²) in [6.07, 6.45) is 1.58. The standard InChI is InChI=1S/C19H24N6O4S/c1-14(26)20-16(13-30-19(28)15-6-4-3-5-7-15)18(27)21-17-12-25(22-29-17)24-10-8-23(2)9-11-24/h3-7,12,16H,8-11,13H2,1-2H3,(H-,20,21,22,26,27)/p+1/t16-/m0/s1. The molecule has 30 heavy (non-hydrogen) atoms. The van der Waals surface area contributed by atoms with Crippen LogP contribution in [0.25, 0.3) is 0 Å². The van der Waals surface area contributed by atoms with E-state index in [2.05, 4.69) is 27.9 Å². The van der Waals surface area contributed by atoms with E-state index in [9.17, 15) is 14.4 Å². The van der Waals surface area contributed by atoms with Gasteiger partial charge in [-0.2, -0.15) is 5.01 Å². The predicted molar refractivity (Wildman–Crippen MR) is 112 cm³/mol. The third kappa shape index (κ3) is 6.04. The lowest BCUT2D eigenvalue weighted by Gasteiger charge is -2.26. The quantitative estimate of drug-likeness (QED) is 0.581. The minimum atomic E-state index is -0.901. The number of hydrogen-bond acceptors (Lipinski definition) is 8. The van der Waals surface area contributed by atoms with Gasteiger partial charge in [0.25, 0.3) is 6.20 Å². The van der Waals surface area contributed by atoms with Crippen molar-refractivity contribution < 1.29 is 23.7 Å². The molecule has 1 saturated heterocycles. The Hall–Kier alpha value is -2.92. The summed E-state index contributed by atoms with van der Waals surface area (Å²) in [5.74, 6) is -0.604. The van der Waals surface area contributed by atoms with Gasteiger partial charge in [0.1, 0.15) is 6.04 Å². The second-order valence-corrected chi connectivity index (χ2v) is 7.94. The second-order valence-electron chi connectivity index (χ2n) is 6.95. The highest BCUT2D eigenvalue weighted by molar-refractivity contribution is 8.14. The van der Waals surface area contributed by atoms with Gasteiger partial charge in [-0.25, -0.2) is 0 Å². The molecular formula is C19H25N6O4S+. The van der Waals surface area contributed by atoms with Crippen molar-refractivity contribution in [3.8, 4) is 0 Å². The van der Waals surface area contributed by atoms with E-state index in [1.54, 1.807) is 35.3 Å². The molecule has 0 radical (unpaired) electrons. The van der Waals surface area contributed by atoms with Crippen molar-refractivity contribution in [1.82, 2.24) is 15.5 Å². The summed E-state index contributed by atoms with van der Waals surface area (Å²) in [5, 5.41) is 11.0. The molecule has 0 bridgehead atoms. The summed E-state index contributed by atoms with van der Waals surface area (Å²) < 4.78 is 5.20. The van der Waals surface area contributed by atoms with Crippen molar-refractivity contribution in [3.63, 3.8) is 0 Å². The molecule has 3 rings (SSSR count). The molecule has 10 nitrogen and oxygen atoms in total. The Morgan fingerprint density at radius 1 is 1.20 bits per heavy atom. The van der Waals surface area contributed by atoms with E-state index in [1.165, 1.54) is 6.92 Å². The number of hydrogen-bond donors (Lipinski definition) is 2. The van der Waals surface area contributed by atoms with Crippen molar-refractivity contribution in [3.05, 3.63) is 42.1 Å². The van der Waals surface area contributed by atoms with E-state index in [0.29, 0.717) is 5.56 Å². The van der Waals surface area contributed by atoms with Crippen LogP contribution in [0.15, 0.2) is 41.1 Å². The average Bonchev–Trinajstić information content (AvgIpc) is 3.20. The zero-order valence-electron chi connectivity index (χ0n) is 16.9. The van der Waals surface area contributed by atoms with Crippen LogP contribution in [-0.4, -0.2) is 72.1 Å². The van der Waals surface area contributed by atoms with Gasteiger partial charge in [-0.1, -0.05) is 42.1 Å². The highest BCUT2D eigenvalue weighted by Gasteiger charge is 2.27. The number of carbonyl (C=O) groups excluding carboxylic acids is 3. The van der Waals surface area contributed by atoms with Gasteiger partial charge >= 0.3 is 5.88 Å². The fraction of sp³-hybridized carbons (Fsp3) is 0.421. The molecule has 0 aliphatic carbocycles. The predicted octanol–water partition coefficient (Wildman–Crippen LogP) is -0.138. The minimum absolute atomic E-state index is 0.0890. The molecule has 2 N–H and O–H groups in total. The van der Waals surface area contributed by atoms with Crippen LogP contribution in [0.5, 0.6) is 0 Å². The molecule has 1 aliphatic heterocycles. The van der Waals surface area contributed by atoms with Crippen LogP contribution in [0, 0.1) is 0 Å². The van der Waals surface area contributed by atoms with Crippen LogP contribution in [0.4, 0.5) is 5.88 Å². The molecule has 160 valence electrons. The van der Waals surface area contributed by atoms with Gasteiger partial charge in [0.2, 0.25) is 22.2 Å². The molecule has 1 aromatic heterocycles. The summed E-state index contributed by atoms with van der Waals surface area (Å²) in [6, 6.07) is 7.86. The summed E-state index contributed by atoms with van der Waals surface area (Å²) in [5.41, 5.74) is 0.535. The molecule has 2 amide bonds. The second kappa shape index (κ2) is 10.2. The maximum Gasteiger partial charge on any atom is 0.305 e. The monoisotopic (exact) mass is 433 g/mol. The first kappa shape index (κ1) is 21.8. The van der Waals surface area contributed by atoms with Crippen molar-refractivity contribution in [2.45, 2.75) is 13.0 Å². The Labute approximate surface area is 178 Å². The number of anilines is 1. The molecule has 1 fully saturated rings. The fourth-order valence-corrected chi connectivity index (χ4v) is 3.74.